The van der Waals surface area contributed by atoms with Gasteiger partial charge in [-0.05, 0) is 19.9 Å². The van der Waals surface area contributed by atoms with E-state index in [1.54, 1.807) is 12.4 Å². The van der Waals surface area contributed by atoms with E-state index in [4.69, 9.17) is 0 Å². The summed E-state index contributed by atoms with van der Waals surface area (Å²) in [4.78, 5) is 8.34. The zero-order chi connectivity index (χ0) is 9.80. The highest BCUT2D eigenvalue weighted by Crippen LogP contribution is 2.10. The lowest BCUT2D eigenvalue weighted by molar-refractivity contribution is 0.470. The molecule has 2 N–H and O–H groups in total. The van der Waals surface area contributed by atoms with E-state index in [-0.39, 0.29) is 6.04 Å². The van der Waals surface area contributed by atoms with E-state index in [0.717, 1.165) is 18.8 Å². The Morgan fingerprint density at radius 3 is 3.14 bits per heavy atom. The van der Waals surface area contributed by atoms with E-state index in [1.807, 2.05) is 6.20 Å². The second kappa shape index (κ2) is 4.48. The Kier molecular flexibility index (Phi) is 3.06. The van der Waals surface area contributed by atoms with Crippen LogP contribution in [0.5, 0.6) is 0 Å². The Bertz CT molecular complexity index is 269. The molecule has 0 bridgehead atoms. The molecule has 14 heavy (non-hydrogen) atoms. The molecule has 1 aromatic heterocycles. The Morgan fingerprint density at radius 1 is 1.57 bits per heavy atom. The van der Waals surface area contributed by atoms with E-state index >= 15 is 0 Å². The van der Waals surface area contributed by atoms with Gasteiger partial charge in [0.2, 0.25) is 0 Å². The molecule has 0 unspecified atom stereocenters. The summed E-state index contributed by atoms with van der Waals surface area (Å²) in [6.07, 6.45) is 6.46. The van der Waals surface area contributed by atoms with E-state index < -0.39 is 0 Å². The molecular weight excluding hydrogens is 176 g/mol. The quantitative estimate of drug-likeness (QED) is 0.731. The van der Waals surface area contributed by atoms with Crippen LogP contribution in [0.4, 0.5) is 0 Å². The van der Waals surface area contributed by atoms with Crippen molar-refractivity contribution in [1.82, 2.24) is 20.6 Å². The van der Waals surface area contributed by atoms with Crippen molar-refractivity contribution in [3.63, 3.8) is 0 Å². The Morgan fingerprint density at radius 2 is 2.50 bits per heavy atom. The van der Waals surface area contributed by atoms with Crippen LogP contribution in [-0.4, -0.2) is 29.1 Å². The topological polar surface area (TPSA) is 49.8 Å². The Hall–Kier alpha value is -1.00. The van der Waals surface area contributed by atoms with E-state index in [2.05, 4.69) is 27.5 Å². The van der Waals surface area contributed by atoms with Gasteiger partial charge in [0, 0.05) is 37.2 Å². The lowest BCUT2D eigenvalue weighted by atomic mass is 10.2. The minimum absolute atomic E-state index is 0.286. The maximum Gasteiger partial charge on any atom is 0.0753 e. The van der Waals surface area contributed by atoms with Crippen molar-refractivity contribution in [2.24, 2.45) is 0 Å². The predicted octanol–water partition coefficient (Wildman–Crippen LogP) is 0.489. The highest BCUT2D eigenvalue weighted by molar-refractivity contribution is 5.01. The maximum absolute atomic E-state index is 4.28. The minimum Gasteiger partial charge on any atom is -0.315 e. The number of nitrogens with one attached hydrogen (secondary N) is 2. The third kappa shape index (κ3) is 2.27. The third-order valence-corrected chi connectivity index (χ3v) is 2.57. The molecule has 76 valence electrons. The fraction of sp³-hybridized carbons (Fsp3) is 0.600. The number of aromatic nitrogens is 2. The molecule has 0 radical (unpaired) electrons. The molecule has 2 heterocycles. The molecule has 1 saturated heterocycles. The standard InChI is InChI=1S/C10H16N4/c1-8(10-7-12-4-5-13-10)14-9-2-3-11-6-9/h4-5,7-9,11,14H,2-3,6H2,1H3/t8-,9+/m1/s1. The van der Waals surface area contributed by atoms with E-state index in [0.29, 0.717) is 6.04 Å². The molecule has 1 aliphatic rings. The van der Waals surface area contributed by atoms with Crippen molar-refractivity contribution in [3.8, 4) is 0 Å². The highest BCUT2D eigenvalue weighted by atomic mass is 15.1. The first-order valence-corrected chi connectivity index (χ1v) is 5.09. The molecule has 4 heteroatoms. The molecular formula is C10H16N4. The zero-order valence-corrected chi connectivity index (χ0v) is 8.40. The second-order valence-corrected chi connectivity index (χ2v) is 3.71. The summed E-state index contributed by atoms with van der Waals surface area (Å²) in [5.41, 5.74) is 1.01. The summed E-state index contributed by atoms with van der Waals surface area (Å²) < 4.78 is 0. The average Bonchev–Trinajstić information content (AvgIpc) is 2.72. The normalized spacial score (nSPS) is 23.6. The van der Waals surface area contributed by atoms with E-state index in [1.165, 1.54) is 6.42 Å². The van der Waals surface area contributed by atoms with Gasteiger partial charge in [0.15, 0.2) is 0 Å². The van der Waals surface area contributed by atoms with Gasteiger partial charge in [-0.25, -0.2) is 0 Å². The molecule has 4 nitrogen and oxygen atoms in total. The highest BCUT2D eigenvalue weighted by Gasteiger charge is 2.17. The summed E-state index contributed by atoms with van der Waals surface area (Å²) >= 11 is 0. The molecule has 0 amide bonds. The first-order chi connectivity index (χ1) is 6.86. The SMILES string of the molecule is C[C@@H](N[C@H]1CCNC1)c1cnccn1. The van der Waals surface area contributed by atoms with Gasteiger partial charge < -0.3 is 10.6 Å². The monoisotopic (exact) mass is 192 g/mol. The molecule has 2 atom stereocenters. The number of nitrogens with zero attached hydrogens (tertiary/aromatic N) is 2. The van der Waals surface area contributed by atoms with Crippen LogP contribution in [-0.2, 0) is 0 Å². The van der Waals surface area contributed by atoms with Gasteiger partial charge in [0.25, 0.3) is 0 Å². The van der Waals surface area contributed by atoms with Gasteiger partial charge in [-0.15, -0.1) is 0 Å². The lowest BCUT2D eigenvalue weighted by Gasteiger charge is -2.17. The van der Waals surface area contributed by atoms with Crippen LogP contribution in [0, 0.1) is 0 Å². The molecule has 0 aromatic carbocycles. The van der Waals surface area contributed by atoms with Crippen LogP contribution in [0.1, 0.15) is 25.1 Å². The van der Waals surface area contributed by atoms with Gasteiger partial charge in [-0.3, -0.25) is 9.97 Å². The number of hydrogen-bond donors (Lipinski definition) is 2. The van der Waals surface area contributed by atoms with Gasteiger partial charge in [0.05, 0.1) is 5.69 Å². The maximum atomic E-state index is 4.28. The van der Waals surface area contributed by atoms with Crippen molar-refractivity contribution in [2.75, 3.05) is 13.1 Å². The van der Waals surface area contributed by atoms with Crippen molar-refractivity contribution < 1.29 is 0 Å². The average molecular weight is 192 g/mol. The van der Waals surface area contributed by atoms with Gasteiger partial charge >= 0.3 is 0 Å². The second-order valence-electron chi connectivity index (χ2n) is 3.71. The van der Waals surface area contributed by atoms with Crippen LogP contribution >= 0.6 is 0 Å². The van der Waals surface area contributed by atoms with E-state index in [9.17, 15) is 0 Å². The molecule has 0 saturated carbocycles. The molecule has 1 aliphatic heterocycles. The van der Waals surface area contributed by atoms with Crippen molar-refractivity contribution >= 4 is 0 Å². The molecule has 0 aliphatic carbocycles. The summed E-state index contributed by atoms with van der Waals surface area (Å²) in [6.45, 7) is 4.30. The van der Waals surface area contributed by atoms with Crippen LogP contribution in [0.2, 0.25) is 0 Å². The Labute approximate surface area is 84.2 Å². The predicted molar refractivity (Wildman–Crippen MR) is 54.9 cm³/mol. The number of hydrogen-bond acceptors (Lipinski definition) is 4. The summed E-state index contributed by atoms with van der Waals surface area (Å²) in [5.74, 6) is 0. The smallest absolute Gasteiger partial charge is 0.0753 e. The van der Waals surface area contributed by atoms with Crippen LogP contribution < -0.4 is 10.6 Å². The zero-order valence-electron chi connectivity index (χ0n) is 8.40. The third-order valence-electron chi connectivity index (χ3n) is 2.57. The first kappa shape index (κ1) is 9.55. The molecule has 1 aromatic rings. The minimum atomic E-state index is 0.286. The summed E-state index contributed by atoms with van der Waals surface area (Å²) in [5, 5.41) is 6.86. The molecule has 2 rings (SSSR count). The van der Waals surface area contributed by atoms with Crippen molar-refractivity contribution in [2.45, 2.75) is 25.4 Å². The molecule has 0 spiro atoms. The molecule has 1 fully saturated rings. The van der Waals surface area contributed by atoms with Crippen LogP contribution in [0.25, 0.3) is 0 Å². The Balaban J connectivity index is 1.92. The summed E-state index contributed by atoms with van der Waals surface area (Å²) in [7, 11) is 0. The lowest BCUT2D eigenvalue weighted by Crippen LogP contribution is -2.33. The fourth-order valence-corrected chi connectivity index (χ4v) is 1.77. The number of rotatable bonds is 3. The van der Waals surface area contributed by atoms with Crippen molar-refractivity contribution in [3.05, 3.63) is 24.3 Å². The van der Waals surface area contributed by atoms with Gasteiger partial charge in [-0.1, -0.05) is 0 Å². The first-order valence-electron chi connectivity index (χ1n) is 5.09. The van der Waals surface area contributed by atoms with Crippen molar-refractivity contribution in [1.29, 1.82) is 0 Å². The van der Waals surface area contributed by atoms with Crippen LogP contribution in [0.3, 0.4) is 0 Å². The summed E-state index contributed by atoms with van der Waals surface area (Å²) in [6, 6.07) is 0.862. The van der Waals surface area contributed by atoms with Crippen LogP contribution in [0.15, 0.2) is 18.6 Å². The fourth-order valence-electron chi connectivity index (χ4n) is 1.77. The van der Waals surface area contributed by atoms with Gasteiger partial charge in [-0.2, -0.15) is 0 Å². The largest absolute Gasteiger partial charge is 0.315 e. The van der Waals surface area contributed by atoms with Gasteiger partial charge in [0.1, 0.15) is 0 Å².